The van der Waals surface area contributed by atoms with Crippen molar-refractivity contribution in [3.05, 3.63) is 92.4 Å². The standard InChI is InChI=1S/C24H24N4O2S/c1-2-6-17-10-12-18(13-11-17)23(21-9-5-16-31-21)25-22(29)14-15-28-24(30)19-7-3-4-8-20(19)26-27-28/h3-5,7-13,16,23H,2,6,14-15H2,1H3,(H,25,29). The summed E-state index contributed by atoms with van der Waals surface area (Å²) in [6.45, 7) is 2.34. The van der Waals surface area contributed by atoms with Gasteiger partial charge in [0.1, 0.15) is 5.52 Å². The van der Waals surface area contributed by atoms with Crippen LogP contribution < -0.4 is 10.9 Å². The van der Waals surface area contributed by atoms with E-state index in [-0.39, 0.29) is 30.5 Å². The number of thiophene rings is 1. The number of aromatic nitrogens is 3. The summed E-state index contributed by atoms with van der Waals surface area (Å²) in [6, 6.07) is 19.3. The van der Waals surface area contributed by atoms with Crippen molar-refractivity contribution >= 4 is 28.1 Å². The lowest BCUT2D eigenvalue weighted by Crippen LogP contribution is -2.32. The second-order valence-electron chi connectivity index (χ2n) is 7.39. The van der Waals surface area contributed by atoms with Crippen molar-refractivity contribution in [1.82, 2.24) is 20.3 Å². The van der Waals surface area contributed by atoms with Gasteiger partial charge in [-0.15, -0.1) is 16.4 Å². The van der Waals surface area contributed by atoms with Crippen LogP contribution in [0.1, 0.15) is 41.8 Å². The number of hydrogen-bond acceptors (Lipinski definition) is 5. The minimum atomic E-state index is -0.236. The highest BCUT2D eigenvalue weighted by Crippen LogP contribution is 2.26. The molecule has 0 aliphatic heterocycles. The third-order valence-corrected chi connectivity index (χ3v) is 6.10. The lowest BCUT2D eigenvalue weighted by molar-refractivity contribution is -0.121. The summed E-state index contributed by atoms with van der Waals surface area (Å²) in [4.78, 5) is 26.4. The molecule has 1 amide bonds. The molecule has 6 nitrogen and oxygen atoms in total. The van der Waals surface area contributed by atoms with E-state index in [2.05, 4.69) is 46.8 Å². The maximum atomic E-state index is 12.8. The summed E-state index contributed by atoms with van der Waals surface area (Å²) in [5.74, 6) is -0.141. The van der Waals surface area contributed by atoms with Crippen LogP contribution >= 0.6 is 11.3 Å². The van der Waals surface area contributed by atoms with Crippen LogP contribution in [0.3, 0.4) is 0 Å². The van der Waals surface area contributed by atoms with Gasteiger partial charge >= 0.3 is 0 Å². The molecule has 0 bridgehead atoms. The number of amides is 1. The van der Waals surface area contributed by atoms with Gasteiger partial charge in [0.25, 0.3) is 5.56 Å². The first-order valence-corrected chi connectivity index (χ1v) is 11.3. The maximum Gasteiger partial charge on any atom is 0.277 e. The quantitative estimate of drug-likeness (QED) is 0.455. The molecule has 0 saturated heterocycles. The molecule has 158 valence electrons. The van der Waals surface area contributed by atoms with E-state index in [1.54, 1.807) is 29.5 Å². The van der Waals surface area contributed by atoms with Crippen molar-refractivity contribution in [2.75, 3.05) is 0 Å². The van der Waals surface area contributed by atoms with Crippen LogP contribution in [0.5, 0.6) is 0 Å². The predicted octanol–water partition coefficient (Wildman–Crippen LogP) is 4.10. The molecule has 1 N–H and O–H groups in total. The topological polar surface area (TPSA) is 76.9 Å². The van der Waals surface area contributed by atoms with Gasteiger partial charge in [0.05, 0.1) is 18.0 Å². The third-order valence-electron chi connectivity index (χ3n) is 5.16. The van der Waals surface area contributed by atoms with Crippen molar-refractivity contribution < 1.29 is 4.79 Å². The van der Waals surface area contributed by atoms with E-state index in [9.17, 15) is 9.59 Å². The van der Waals surface area contributed by atoms with Gasteiger partial charge in [-0.3, -0.25) is 9.59 Å². The fourth-order valence-electron chi connectivity index (χ4n) is 3.55. The number of hydrogen-bond donors (Lipinski definition) is 1. The average Bonchev–Trinajstić information content (AvgIpc) is 3.33. The highest BCUT2D eigenvalue weighted by Gasteiger charge is 2.18. The Hall–Kier alpha value is -3.32. The van der Waals surface area contributed by atoms with E-state index in [1.807, 2.05) is 23.6 Å². The fourth-order valence-corrected chi connectivity index (χ4v) is 4.35. The minimum Gasteiger partial charge on any atom is -0.344 e. The van der Waals surface area contributed by atoms with Crippen LogP contribution in [0.4, 0.5) is 0 Å². The Morgan fingerprint density at radius 2 is 1.90 bits per heavy atom. The zero-order chi connectivity index (χ0) is 21.6. The van der Waals surface area contributed by atoms with E-state index in [4.69, 9.17) is 0 Å². The summed E-state index contributed by atoms with van der Waals surface area (Å²) in [5, 5.41) is 13.7. The monoisotopic (exact) mass is 432 g/mol. The first-order chi connectivity index (χ1) is 15.2. The number of benzene rings is 2. The van der Waals surface area contributed by atoms with Crippen LogP contribution in [0.2, 0.25) is 0 Å². The summed E-state index contributed by atoms with van der Waals surface area (Å²) in [7, 11) is 0. The Kier molecular flexibility index (Phi) is 6.52. The SMILES string of the molecule is CCCc1ccc(C(NC(=O)CCn2nnc3ccccc3c2=O)c2cccs2)cc1. The first-order valence-electron chi connectivity index (χ1n) is 10.4. The lowest BCUT2D eigenvalue weighted by atomic mass is 10.0. The number of rotatable bonds is 8. The summed E-state index contributed by atoms with van der Waals surface area (Å²) in [6.07, 6.45) is 2.28. The number of nitrogens with one attached hydrogen (secondary N) is 1. The molecule has 0 aliphatic carbocycles. The molecule has 2 aromatic heterocycles. The van der Waals surface area contributed by atoms with Gasteiger partial charge in [-0.2, -0.15) is 0 Å². The Balaban J connectivity index is 1.48. The molecule has 0 radical (unpaired) electrons. The fraction of sp³-hybridized carbons (Fsp3) is 0.250. The van der Waals surface area contributed by atoms with E-state index in [0.717, 1.165) is 23.3 Å². The van der Waals surface area contributed by atoms with Crippen molar-refractivity contribution in [2.24, 2.45) is 0 Å². The Labute approximate surface area is 184 Å². The van der Waals surface area contributed by atoms with Crippen LogP contribution in [0.25, 0.3) is 10.9 Å². The van der Waals surface area contributed by atoms with Crippen LogP contribution in [-0.4, -0.2) is 20.9 Å². The van der Waals surface area contributed by atoms with Gasteiger partial charge in [0, 0.05) is 11.3 Å². The first kappa shape index (κ1) is 20.9. The second-order valence-corrected chi connectivity index (χ2v) is 8.37. The molecule has 2 heterocycles. The molecule has 7 heteroatoms. The summed E-state index contributed by atoms with van der Waals surface area (Å²) >= 11 is 1.61. The molecule has 4 aromatic rings. The van der Waals surface area contributed by atoms with E-state index < -0.39 is 0 Å². The van der Waals surface area contributed by atoms with Crippen molar-refractivity contribution in [3.8, 4) is 0 Å². The largest absolute Gasteiger partial charge is 0.344 e. The van der Waals surface area contributed by atoms with Crippen molar-refractivity contribution in [1.29, 1.82) is 0 Å². The third kappa shape index (κ3) is 4.88. The molecule has 1 unspecified atom stereocenters. The van der Waals surface area contributed by atoms with E-state index in [1.165, 1.54) is 10.2 Å². The minimum absolute atomic E-state index is 0.141. The Morgan fingerprint density at radius 1 is 1.10 bits per heavy atom. The summed E-state index contributed by atoms with van der Waals surface area (Å²) in [5.41, 5.74) is 2.65. The highest BCUT2D eigenvalue weighted by molar-refractivity contribution is 7.10. The molecular weight excluding hydrogens is 408 g/mol. The number of carbonyl (C=O) groups is 1. The number of aryl methyl sites for hydroxylation is 2. The predicted molar refractivity (Wildman–Crippen MR) is 123 cm³/mol. The van der Waals surface area contributed by atoms with Crippen LogP contribution in [-0.2, 0) is 17.8 Å². The van der Waals surface area contributed by atoms with Crippen LogP contribution in [0.15, 0.2) is 70.8 Å². The molecule has 0 fully saturated rings. The zero-order valence-corrected chi connectivity index (χ0v) is 18.1. The average molecular weight is 433 g/mol. The summed E-state index contributed by atoms with van der Waals surface area (Å²) < 4.78 is 1.25. The maximum absolute atomic E-state index is 12.8. The van der Waals surface area contributed by atoms with Crippen LogP contribution in [0, 0.1) is 0 Å². The van der Waals surface area contributed by atoms with Crippen molar-refractivity contribution in [3.63, 3.8) is 0 Å². The number of carbonyl (C=O) groups excluding carboxylic acids is 1. The van der Waals surface area contributed by atoms with Crippen molar-refractivity contribution in [2.45, 2.75) is 38.8 Å². The Bertz CT molecular complexity index is 1220. The zero-order valence-electron chi connectivity index (χ0n) is 17.3. The van der Waals surface area contributed by atoms with Gasteiger partial charge in [0.15, 0.2) is 0 Å². The number of nitrogens with zero attached hydrogens (tertiary/aromatic N) is 3. The normalized spacial score (nSPS) is 12.0. The van der Waals surface area contributed by atoms with Gasteiger partial charge in [-0.1, -0.05) is 61.0 Å². The second kappa shape index (κ2) is 9.66. The molecule has 1 atom stereocenters. The molecular formula is C24H24N4O2S. The van der Waals surface area contributed by atoms with Gasteiger partial charge in [0.2, 0.25) is 5.91 Å². The highest BCUT2D eigenvalue weighted by atomic mass is 32.1. The Morgan fingerprint density at radius 3 is 2.65 bits per heavy atom. The van der Waals surface area contributed by atoms with Gasteiger partial charge in [-0.25, -0.2) is 4.68 Å². The molecule has 0 spiro atoms. The van der Waals surface area contributed by atoms with Gasteiger partial charge < -0.3 is 5.32 Å². The lowest BCUT2D eigenvalue weighted by Gasteiger charge is -2.19. The molecule has 4 rings (SSSR count). The smallest absolute Gasteiger partial charge is 0.277 e. The molecule has 2 aromatic carbocycles. The number of fused-ring (bicyclic) bond motifs is 1. The molecule has 31 heavy (non-hydrogen) atoms. The van der Waals surface area contributed by atoms with E-state index >= 15 is 0 Å². The van der Waals surface area contributed by atoms with E-state index in [0.29, 0.717) is 10.9 Å². The molecule has 0 saturated carbocycles. The molecule has 0 aliphatic rings. The van der Waals surface area contributed by atoms with Gasteiger partial charge in [-0.05, 0) is 41.1 Å².